The van der Waals surface area contributed by atoms with Crippen LogP contribution in [-0.2, 0) is 4.74 Å². The van der Waals surface area contributed by atoms with Gasteiger partial charge in [-0.15, -0.1) is 10.2 Å². The van der Waals surface area contributed by atoms with Crippen molar-refractivity contribution in [1.29, 1.82) is 0 Å². The third kappa shape index (κ3) is 3.47. The SMILES string of the molecule is CC.COC(=O)c1nnc(Cl)cc1Cl. The van der Waals surface area contributed by atoms with Gasteiger partial charge in [0.1, 0.15) is 0 Å². The quantitative estimate of drug-likeness (QED) is 0.704. The van der Waals surface area contributed by atoms with E-state index in [1.807, 2.05) is 13.8 Å². The molecular weight excluding hydrogens is 227 g/mol. The van der Waals surface area contributed by atoms with Gasteiger partial charge in [-0.25, -0.2) is 4.79 Å². The Morgan fingerprint density at radius 2 is 1.93 bits per heavy atom. The lowest BCUT2D eigenvalue weighted by Crippen LogP contribution is -2.06. The highest BCUT2D eigenvalue weighted by Gasteiger charge is 2.13. The van der Waals surface area contributed by atoms with E-state index in [9.17, 15) is 4.79 Å². The molecule has 1 aromatic rings. The van der Waals surface area contributed by atoms with Crippen molar-refractivity contribution in [2.24, 2.45) is 0 Å². The second-order valence-corrected chi connectivity index (χ2v) is 2.65. The minimum Gasteiger partial charge on any atom is -0.464 e. The van der Waals surface area contributed by atoms with Gasteiger partial charge in [-0.1, -0.05) is 37.0 Å². The van der Waals surface area contributed by atoms with Crippen LogP contribution in [0, 0.1) is 0 Å². The molecule has 0 spiro atoms. The average molecular weight is 237 g/mol. The first-order valence-corrected chi connectivity index (χ1v) is 4.67. The Bertz CT molecular complexity index is 318. The topological polar surface area (TPSA) is 52.1 Å². The van der Waals surface area contributed by atoms with Gasteiger partial charge in [-0.3, -0.25) is 0 Å². The molecule has 0 fully saturated rings. The highest BCUT2D eigenvalue weighted by molar-refractivity contribution is 6.35. The van der Waals surface area contributed by atoms with Crippen LogP contribution in [0.25, 0.3) is 0 Å². The van der Waals surface area contributed by atoms with Crippen LogP contribution in [0.3, 0.4) is 0 Å². The van der Waals surface area contributed by atoms with E-state index in [1.165, 1.54) is 13.2 Å². The molecule has 0 aromatic carbocycles. The summed E-state index contributed by atoms with van der Waals surface area (Å²) < 4.78 is 4.39. The number of nitrogens with zero attached hydrogens (tertiary/aromatic N) is 2. The van der Waals surface area contributed by atoms with Gasteiger partial charge in [0.15, 0.2) is 10.8 Å². The summed E-state index contributed by atoms with van der Waals surface area (Å²) >= 11 is 11.1. The van der Waals surface area contributed by atoms with Crippen LogP contribution in [0.5, 0.6) is 0 Å². The second kappa shape index (κ2) is 6.56. The molecule has 0 saturated carbocycles. The zero-order valence-electron chi connectivity index (χ0n) is 8.04. The highest BCUT2D eigenvalue weighted by atomic mass is 35.5. The van der Waals surface area contributed by atoms with Crippen LogP contribution in [-0.4, -0.2) is 23.3 Å². The number of hydrogen-bond donors (Lipinski definition) is 0. The largest absolute Gasteiger partial charge is 0.464 e. The lowest BCUT2D eigenvalue weighted by atomic mass is 10.4. The summed E-state index contributed by atoms with van der Waals surface area (Å²) in [7, 11) is 1.23. The first-order chi connectivity index (χ1) is 6.65. The Hall–Kier alpha value is -0.870. The first kappa shape index (κ1) is 13.1. The van der Waals surface area contributed by atoms with Crippen molar-refractivity contribution in [3.8, 4) is 0 Å². The van der Waals surface area contributed by atoms with Gasteiger partial charge in [0.25, 0.3) is 0 Å². The molecule has 0 atom stereocenters. The molecule has 6 heteroatoms. The van der Waals surface area contributed by atoms with Crippen LogP contribution in [0.1, 0.15) is 24.3 Å². The number of hydrogen-bond acceptors (Lipinski definition) is 4. The minimum atomic E-state index is -0.635. The van der Waals surface area contributed by atoms with E-state index in [0.717, 1.165) is 0 Å². The Morgan fingerprint density at radius 3 is 2.36 bits per heavy atom. The van der Waals surface area contributed by atoms with Crippen LogP contribution in [0.2, 0.25) is 10.2 Å². The molecule has 1 heterocycles. The summed E-state index contributed by atoms with van der Waals surface area (Å²) in [5.74, 6) is -0.635. The monoisotopic (exact) mass is 236 g/mol. The number of methoxy groups -OCH3 is 1. The zero-order chi connectivity index (χ0) is 11.1. The van der Waals surface area contributed by atoms with Gasteiger partial charge in [-0.05, 0) is 6.07 Å². The molecule has 14 heavy (non-hydrogen) atoms. The van der Waals surface area contributed by atoms with Crippen molar-refractivity contribution in [2.45, 2.75) is 13.8 Å². The summed E-state index contributed by atoms with van der Waals surface area (Å²) in [6, 6.07) is 1.32. The molecule has 0 saturated heterocycles. The summed E-state index contributed by atoms with van der Waals surface area (Å²) in [6.07, 6.45) is 0. The Morgan fingerprint density at radius 1 is 1.36 bits per heavy atom. The van der Waals surface area contributed by atoms with E-state index >= 15 is 0 Å². The Kier molecular flexibility index (Phi) is 6.16. The van der Waals surface area contributed by atoms with Crippen molar-refractivity contribution >= 4 is 29.2 Å². The van der Waals surface area contributed by atoms with Crippen LogP contribution in [0.4, 0.5) is 0 Å². The number of esters is 1. The molecule has 0 aliphatic heterocycles. The van der Waals surface area contributed by atoms with E-state index in [0.29, 0.717) is 0 Å². The lowest BCUT2D eigenvalue weighted by Gasteiger charge is -1.98. The predicted octanol–water partition coefficient (Wildman–Crippen LogP) is 2.60. The van der Waals surface area contributed by atoms with E-state index in [4.69, 9.17) is 23.2 Å². The molecule has 0 N–H and O–H groups in total. The van der Waals surface area contributed by atoms with Crippen molar-refractivity contribution in [3.05, 3.63) is 21.9 Å². The van der Waals surface area contributed by atoms with Gasteiger partial charge in [-0.2, -0.15) is 0 Å². The van der Waals surface area contributed by atoms with Crippen molar-refractivity contribution in [1.82, 2.24) is 10.2 Å². The predicted molar refractivity (Wildman–Crippen MR) is 54.7 cm³/mol. The molecule has 1 aromatic heterocycles. The normalized spacial score (nSPS) is 8.64. The fraction of sp³-hybridized carbons (Fsp3) is 0.375. The van der Waals surface area contributed by atoms with E-state index in [2.05, 4.69) is 14.9 Å². The van der Waals surface area contributed by atoms with E-state index in [-0.39, 0.29) is 15.9 Å². The van der Waals surface area contributed by atoms with Gasteiger partial charge < -0.3 is 4.74 Å². The van der Waals surface area contributed by atoms with Crippen LogP contribution < -0.4 is 0 Å². The number of carbonyl (C=O) groups is 1. The summed E-state index contributed by atoms with van der Waals surface area (Å²) in [5, 5.41) is 7.16. The van der Waals surface area contributed by atoms with Crippen LogP contribution >= 0.6 is 23.2 Å². The molecule has 0 aliphatic carbocycles. The molecule has 78 valence electrons. The summed E-state index contributed by atoms with van der Waals surface area (Å²) in [4.78, 5) is 10.9. The summed E-state index contributed by atoms with van der Waals surface area (Å²) in [6.45, 7) is 4.00. The number of aromatic nitrogens is 2. The molecule has 0 unspecified atom stereocenters. The average Bonchev–Trinajstić information content (AvgIpc) is 2.20. The lowest BCUT2D eigenvalue weighted by molar-refractivity contribution is 0.0593. The van der Waals surface area contributed by atoms with Gasteiger partial charge in [0, 0.05) is 0 Å². The first-order valence-electron chi connectivity index (χ1n) is 3.92. The summed E-state index contributed by atoms with van der Waals surface area (Å²) in [5.41, 5.74) is -0.0384. The standard InChI is InChI=1S/C6H4Cl2N2O2.C2H6/c1-12-6(11)5-3(7)2-4(8)9-10-5;1-2/h2H,1H3;1-2H3. The number of carbonyl (C=O) groups excluding carboxylic acids is 1. The highest BCUT2D eigenvalue weighted by Crippen LogP contribution is 2.16. The number of ether oxygens (including phenoxy) is 1. The fourth-order valence-corrected chi connectivity index (χ4v) is 1.00. The number of rotatable bonds is 1. The van der Waals surface area contributed by atoms with E-state index < -0.39 is 5.97 Å². The van der Waals surface area contributed by atoms with Gasteiger partial charge >= 0.3 is 5.97 Å². The maximum Gasteiger partial charge on any atom is 0.360 e. The Labute approximate surface area is 92.2 Å². The smallest absolute Gasteiger partial charge is 0.360 e. The third-order valence-electron chi connectivity index (χ3n) is 1.10. The maximum absolute atomic E-state index is 10.9. The molecular formula is C8H10Cl2N2O2. The molecule has 0 aliphatic rings. The van der Waals surface area contributed by atoms with Crippen LogP contribution in [0.15, 0.2) is 6.07 Å². The van der Waals surface area contributed by atoms with E-state index in [1.54, 1.807) is 0 Å². The Balaban J connectivity index is 0.000000791. The minimum absolute atomic E-state index is 0.0384. The second-order valence-electron chi connectivity index (χ2n) is 1.86. The van der Waals surface area contributed by atoms with Crippen molar-refractivity contribution in [3.63, 3.8) is 0 Å². The number of halogens is 2. The molecule has 1 rings (SSSR count). The van der Waals surface area contributed by atoms with Gasteiger partial charge in [0.2, 0.25) is 0 Å². The molecule has 0 radical (unpaired) electrons. The van der Waals surface area contributed by atoms with Gasteiger partial charge in [0.05, 0.1) is 12.1 Å². The maximum atomic E-state index is 10.9. The molecule has 4 nitrogen and oxygen atoms in total. The molecule has 0 amide bonds. The zero-order valence-corrected chi connectivity index (χ0v) is 9.56. The third-order valence-corrected chi connectivity index (χ3v) is 1.57. The fourth-order valence-electron chi connectivity index (χ4n) is 0.582. The van der Waals surface area contributed by atoms with Crippen molar-refractivity contribution in [2.75, 3.05) is 7.11 Å². The molecule has 0 bridgehead atoms. The van der Waals surface area contributed by atoms with Crippen molar-refractivity contribution < 1.29 is 9.53 Å².